The second-order valence-corrected chi connectivity index (χ2v) is 10.1. The van der Waals surface area contributed by atoms with E-state index >= 15 is 0 Å². The SMILES string of the molecule is O=C1OC(c2ccc(Cl)c(Cl)c2)=N/C1=C\c1cc(Br)c(OCc2ccc(Br)cc2)c(Br)c1. The summed E-state index contributed by atoms with van der Waals surface area (Å²) in [5.41, 5.74) is 2.52. The van der Waals surface area contributed by atoms with E-state index in [9.17, 15) is 4.79 Å². The number of ether oxygens (including phenoxy) is 2. The minimum absolute atomic E-state index is 0.174. The van der Waals surface area contributed by atoms with E-state index in [2.05, 4.69) is 52.8 Å². The molecule has 0 atom stereocenters. The summed E-state index contributed by atoms with van der Waals surface area (Å²) < 4.78 is 13.7. The van der Waals surface area contributed by atoms with Crippen molar-refractivity contribution in [3.05, 3.63) is 100 Å². The summed E-state index contributed by atoms with van der Waals surface area (Å²) in [6.45, 7) is 0.411. The largest absolute Gasteiger partial charge is 0.487 e. The number of esters is 1. The third kappa shape index (κ3) is 5.46. The summed E-state index contributed by atoms with van der Waals surface area (Å²) in [4.78, 5) is 16.6. The Morgan fingerprint density at radius 3 is 2.28 bits per heavy atom. The molecule has 0 saturated carbocycles. The Labute approximate surface area is 219 Å². The van der Waals surface area contributed by atoms with Gasteiger partial charge in [-0.3, -0.25) is 0 Å². The Kier molecular flexibility index (Phi) is 7.42. The molecule has 1 heterocycles. The van der Waals surface area contributed by atoms with Crippen LogP contribution < -0.4 is 4.74 Å². The molecule has 0 N–H and O–H groups in total. The van der Waals surface area contributed by atoms with E-state index < -0.39 is 5.97 Å². The van der Waals surface area contributed by atoms with E-state index in [-0.39, 0.29) is 11.6 Å². The molecule has 4 rings (SSSR count). The van der Waals surface area contributed by atoms with Crippen molar-refractivity contribution < 1.29 is 14.3 Å². The van der Waals surface area contributed by atoms with Gasteiger partial charge in [0.15, 0.2) is 5.70 Å². The van der Waals surface area contributed by atoms with E-state index in [0.717, 1.165) is 24.5 Å². The van der Waals surface area contributed by atoms with Crippen molar-refractivity contribution in [1.82, 2.24) is 0 Å². The van der Waals surface area contributed by atoms with Gasteiger partial charge in [0.1, 0.15) is 12.4 Å². The van der Waals surface area contributed by atoms with Crippen molar-refractivity contribution in [3.8, 4) is 5.75 Å². The van der Waals surface area contributed by atoms with Gasteiger partial charge in [-0.25, -0.2) is 9.79 Å². The lowest BCUT2D eigenvalue weighted by Crippen LogP contribution is -2.05. The number of hydrogen-bond donors (Lipinski definition) is 0. The second-order valence-electron chi connectivity index (χ2n) is 6.69. The zero-order valence-corrected chi connectivity index (χ0v) is 22.3. The number of benzene rings is 3. The lowest BCUT2D eigenvalue weighted by Gasteiger charge is -2.11. The molecule has 3 aromatic rings. The Hall–Kier alpha value is -1.64. The predicted molar refractivity (Wildman–Crippen MR) is 137 cm³/mol. The average Bonchev–Trinajstić information content (AvgIpc) is 3.11. The van der Waals surface area contributed by atoms with Gasteiger partial charge in [0.05, 0.1) is 19.0 Å². The summed E-state index contributed by atoms with van der Waals surface area (Å²) >= 11 is 22.5. The fraction of sp³-hybridized carbons (Fsp3) is 0.0435. The van der Waals surface area contributed by atoms with Crippen molar-refractivity contribution in [2.45, 2.75) is 6.61 Å². The zero-order chi connectivity index (χ0) is 22.8. The predicted octanol–water partition coefficient (Wildman–Crippen LogP) is 8.20. The molecule has 32 heavy (non-hydrogen) atoms. The first kappa shape index (κ1) is 23.5. The van der Waals surface area contributed by atoms with Crippen LogP contribution in [0, 0.1) is 0 Å². The molecule has 0 aromatic heterocycles. The van der Waals surface area contributed by atoms with Gasteiger partial charge in [0.25, 0.3) is 0 Å². The number of hydrogen-bond acceptors (Lipinski definition) is 4. The van der Waals surface area contributed by atoms with Crippen LogP contribution in [-0.2, 0) is 16.1 Å². The molecule has 0 saturated heterocycles. The standard InChI is InChI=1S/C23H12Br3Cl2NO3/c24-15-4-1-12(2-5-15)11-31-21-16(25)7-13(8-17(21)26)9-20-23(30)32-22(29-20)14-3-6-18(27)19(28)10-14/h1-10H,11H2/b20-9-. The summed E-state index contributed by atoms with van der Waals surface area (Å²) in [6, 6.07) is 16.5. The topological polar surface area (TPSA) is 47.9 Å². The number of carbonyl (C=O) groups is 1. The van der Waals surface area contributed by atoms with Gasteiger partial charge in [0, 0.05) is 10.0 Å². The molecule has 1 aliphatic heterocycles. The molecule has 0 bridgehead atoms. The second kappa shape index (κ2) is 10.1. The van der Waals surface area contributed by atoms with E-state index in [1.165, 1.54) is 0 Å². The van der Waals surface area contributed by atoms with E-state index in [1.54, 1.807) is 24.3 Å². The van der Waals surface area contributed by atoms with Crippen LogP contribution in [0.15, 0.2) is 78.7 Å². The summed E-state index contributed by atoms with van der Waals surface area (Å²) in [5, 5.41) is 0.764. The molecule has 3 aromatic carbocycles. The normalized spacial score (nSPS) is 14.5. The molecule has 162 valence electrons. The Bertz CT molecular complexity index is 1250. The molecule has 1 aliphatic rings. The van der Waals surface area contributed by atoms with Gasteiger partial charge in [0.2, 0.25) is 5.90 Å². The van der Waals surface area contributed by atoms with Gasteiger partial charge < -0.3 is 9.47 Å². The molecule has 0 fully saturated rings. The lowest BCUT2D eigenvalue weighted by molar-refractivity contribution is -0.129. The van der Waals surface area contributed by atoms with Crippen LogP contribution in [0.3, 0.4) is 0 Å². The maximum absolute atomic E-state index is 12.3. The molecule has 4 nitrogen and oxygen atoms in total. The van der Waals surface area contributed by atoms with Gasteiger partial charge >= 0.3 is 5.97 Å². The fourth-order valence-corrected chi connectivity index (χ4v) is 4.87. The smallest absolute Gasteiger partial charge is 0.363 e. The quantitative estimate of drug-likeness (QED) is 0.205. The zero-order valence-electron chi connectivity index (χ0n) is 16.0. The van der Waals surface area contributed by atoms with Crippen molar-refractivity contribution in [3.63, 3.8) is 0 Å². The van der Waals surface area contributed by atoms with E-state index in [4.69, 9.17) is 32.7 Å². The maximum atomic E-state index is 12.3. The third-order valence-corrected chi connectivity index (χ3v) is 6.85. The molecular weight excluding hydrogens is 649 g/mol. The Morgan fingerprint density at radius 2 is 1.62 bits per heavy atom. The van der Waals surface area contributed by atoms with Gasteiger partial charge in [-0.2, -0.15) is 0 Å². The number of nitrogens with zero attached hydrogens (tertiary/aromatic N) is 1. The molecule has 0 radical (unpaired) electrons. The highest BCUT2D eigenvalue weighted by atomic mass is 79.9. The van der Waals surface area contributed by atoms with Crippen molar-refractivity contribution in [2.24, 2.45) is 4.99 Å². The van der Waals surface area contributed by atoms with Crippen LogP contribution >= 0.6 is 71.0 Å². The third-order valence-electron chi connectivity index (χ3n) is 4.41. The Morgan fingerprint density at radius 1 is 0.938 bits per heavy atom. The molecule has 9 heteroatoms. The van der Waals surface area contributed by atoms with Gasteiger partial charge in [-0.15, -0.1) is 0 Å². The number of rotatable bonds is 5. The average molecular weight is 661 g/mol. The minimum Gasteiger partial charge on any atom is -0.487 e. The number of cyclic esters (lactones) is 1. The van der Waals surface area contributed by atoms with Gasteiger partial charge in [-0.05, 0) is 91.5 Å². The number of halogens is 5. The molecule has 0 amide bonds. The van der Waals surface area contributed by atoms with Crippen LogP contribution in [0.5, 0.6) is 5.75 Å². The highest BCUT2D eigenvalue weighted by molar-refractivity contribution is 9.11. The van der Waals surface area contributed by atoms with Crippen LogP contribution in [0.4, 0.5) is 0 Å². The van der Waals surface area contributed by atoms with Crippen molar-refractivity contribution >= 4 is 88.9 Å². The van der Waals surface area contributed by atoms with Crippen LogP contribution in [0.25, 0.3) is 6.08 Å². The molecule has 0 unspecified atom stereocenters. The summed E-state index contributed by atoms with van der Waals surface area (Å²) in [6.07, 6.45) is 1.64. The van der Waals surface area contributed by atoms with Crippen molar-refractivity contribution in [1.29, 1.82) is 0 Å². The molecule has 0 spiro atoms. The van der Waals surface area contributed by atoms with Crippen molar-refractivity contribution in [2.75, 3.05) is 0 Å². The molecular formula is C23H12Br3Cl2NO3. The van der Waals surface area contributed by atoms with E-state index in [1.807, 2.05) is 36.4 Å². The monoisotopic (exact) mass is 657 g/mol. The fourth-order valence-electron chi connectivity index (χ4n) is 2.86. The first-order valence-electron chi connectivity index (χ1n) is 9.14. The maximum Gasteiger partial charge on any atom is 0.363 e. The Balaban J connectivity index is 1.55. The summed E-state index contributed by atoms with van der Waals surface area (Å²) in [7, 11) is 0. The van der Waals surface area contributed by atoms with Crippen LogP contribution in [0.2, 0.25) is 10.0 Å². The van der Waals surface area contributed by atoms with Gasteiger partial charge in [-0.1, -0.05) is 51.3 Å². The minimum atomic E-state index is -0.547. The first-order chi connectivity index (χ1) is 15.3. The van der Waals surface area contributed by atoms with Crippen LogP contribution in [0.1, 0.15) is 16.7 Å². The first-order valence-corrected chi connectivity index (χ1v) is 12.3. The highest BCUT2D eigenvalue weighted by Crippen LogP contribution is 2.36. The highest BCUT2D eigenvalue weighted by Gasteiger charge is 2.25. The molecule has 0 aliphatic carbocycles. The number of carbonyl (C=O) groups excluding carboxylic acids is 1. The van der Waals surface area contributed by atoms with Crippen LogP contribution in [-0.4, -0.2) is 11.9 Å². The van der Waals surface area contributed by atoms with E-state index in [0.29, 0.717) is 28.0 Å². The lowest BCUT2D eigenvalue weighted by atomic mass is 10.2. The summed E-state index contributed by atoms with van der Waals surface area (Å²) in [5.74, 6) is 0.283. The number of aliphatic imine (C=N–C) groups is 1.